The molecule has 2 N–H and O–H groups in total. The van der Waals surface area contributed by atoms with Crippen LogP contribution in [-0.2, 0) is 14.4 Å². The van der Waals surface area contributed by atoms with Crippen LogP contribution in [0.15, 0.2) is 88.7 Å². The minimum Gasteiger partial charge on any atom is -0.483 e. The number of thioether (sulfide) groups is 1. The number of aromatic nitrogens is 1. The second-order valence-electron chi connectivity index (χ2n) is 8.98. The van der Waals surface area contributed by atoms with Gasteiger partial charge in [-0.3, -0.25) is 19.2 Å². The number of carbonyl (C=O) groups excluding carboxylic acids is 3. The lowest BCUT2D eigenvalue weighted by molar-refractivity contribution is -0.122. The molecule has 39 heavy (non-hydrogen) atoms. The Hall–Kier alpha value is -3.86. The summed E-state index contributed by atoms with van der Waals surface area (Å²) in [5.74, 6) is -2.24. The first-order chi connectivity index (χ1) is 18.9. The Morgan fingerprint density at radius 2 is 1.69 bits per heavy atom. The number of imide groups is 1. The Labute approximate surface area is 236 Å². The maximum atomic E-state index is 13.9. The van der Waals surface area contributed by atoms with Crippen molar-refractivity contribution in [2.75, 3.05) is 16.8 Å². The van der Waals surface area contributed by atoms with Crippen molar-refractivity contribution in [2.45, 2.75) is 16.2 Å². The molecule has 11 heteroatoms. The topological polar surface area (TPSA) is 109 Å². The monoisotopic (exact) mass is 577 g/mol. The van der Waals surface area contributed by atoms with Crippen molar-refractivity contribution < 1.29 is 19.1 Å². The molecular formula is C28H20ClN3O5S2. The highest BCUT2D eigenvalue weighted by Crippen LogP contribution is 2.54. The predicted octanol–water partition coefficient (Wildman–Crippen LogP) is 4.90. The standard InChI is InChI=1S/C28H20ClN3O5S2/c29-15-11-12-19(37-14-20(33)30-16-7-3-1-4-8-16)18(13-15)21-22-24(38-25-23(21)39-28(36)31-25)27(35)32(26(22)34)17-9-5-2-6-10-17/h1-13,21-22,24H,14H2,(H,30,33)(H,31,36)/t21-,22?,24?/m1/s1. The SMILES string of the molecule is O=C(COc1ccc(Cl)cc1[C@H]1c2sc(=O)[nH]c2SC2C(=O)N(c3ccccc3)C(=O)C21)Nc1ccccc1. The molecule has 0 radical (unpaired) electrons. The van der Waals surface area contributed by atoms with Gasteiger partial charge in [0.05, 0.1) is 16.6 Å². The van der Waals surface area contributed by atoms with Gasteiger partial charge >= 0.3 is 4.87 Å². The normalized spacial score (nSPS) is 19.9. The van der Waals surface area contributed by atoms with Crippen molar-refractivity contribution in [1.82, 2.24) is 4.98 Å². The number of anilines is 2. The number of hydrogen-bond donors (Lipinski definition) is 2. The van der Waals surface area contributed by atoms with Crippen molar-refractivity contribution in [3.8, 4) is 5.75 Å². The number of carbonyl (C=O) groups is 3. The molecule has 3 heterocycles. The van der Waals surface area contributed by atoms with Gasteiger partial charge in [-0.2, -0.15) is 0 Å². The molecule has 3 aromatic carbocycles. The first-order valence-electron chi connectivity index (χ1n) is 12.0. The number of halogens is 1. The van der Waals surface area contributed by atoms with Gasteiger partial charge in [0.1, 0.15) is 11.0 Å². The first kappa shape index (κ1) is 25.4. The summed E-state index contributed by atoms with van der Waals surface area (Å²) in [6.45, 7) is -0.293. The minimum atomic E-state index is -0.805. The molecule has 0 saturated carbocycles. The molecule has 8 nitrogen and oxygen atoms in total. The molecule has 2 aliphatic rings. The summed E-state index contributed by atoms with van der Waals surface area (Å²) < 4.78 is 5.95. The number of amides is 3. The zero-order valence-electron chi connectivity index (χ0n) is 20.1. The van der Waals surface area contributed by atoms with Crippen LogP contribution in [0.25, 0.3) is 0 Å². The summed E-state index contributed by atoms with van der Waals surface area (Å²) in [7, 11) is 0. The lowest BCUT2D eigenvalue weighted by Crippen LogP contribution is -2.32. The second-order valence-corrected chi connectivity index (χ2v) is 11.6. The van der Waals surface area contributed by atoms with Gasteiger partial charge in [-0.05, 0) is 42.5 Å². The summed E-state index contributed by atoms with van der Waals surface area (Å²) in [4.78, 5) is 56.8. The van der Waals surface area contributed by atoms with Crippen molar-refractivity contribution in [3.05, 3.63) is 104 Å². The quantitative estimate of drug-likeness (QED) is 0.316. The number of hydrogen-bond acceptors (Lipinski definition) is 7. The largest absolute Gasteiger partial charge is 0.483 e. The molecule has 2 aliphatic heterocycles. The van der Waals surface area contributed by atoms with Crippen molar-refractivity contribution in [2.24, 2.45) is 5.92 Å². The number of rotatable bonds is 6. The third kappa shape index (κ3) is 4.75. The highest BCUT2D eigenvalue weighted by atomic mass is 35.5. The van der Waals surface area contributed by atoms with E-state index in [0.29, 0.717) is 37.6 Å². The van der Waals surface area contributed by atoms with E-state index in [1.807, 2.05) is 24.3 Å². The van der Waals surface area contributed by atoms with Gasteiger partial charge in [-0.1, -0.05) is 71.1 Å². The van der Waals surface area contributed by atoms with E-state index in [0.717, 1.165) is 11.3 Å². The van der Waals surface area contributed by atoms with Crippen LogP contribution in [0.4, 0.5) is 11.4 Å². The molecule has 196 valence electrons. The summed E-state index contributed by atoms with van der Waals surface area (Å²) in [5, 5.41) is 2.95. The average molecular weight is 578 g/mol. The summed E-state index contributed by atoms with van der Waals surface area (Å²) in [5.41, 5.74) is 1.64. The Morgan fingerprint density at radius 3 is 2.44 bits per heavy atom. The fourth-order valence-electron chi connectivity index (χ4n) is 4.94. The first-order valence-corrected chi connectivity index (χ1v) is 14.1. The number of benzene rings is 3. The molecule has 0 spiro atoms. The van der Waals surface area contributed by atoms with Gasteiger partial charge in [0.15, 0.2) is 6.61 Å². The Morgan fingerprint density at radius 1 is 0.974 bits per heavy atom. The molecule has 3 atom stereocenters. The third-order valence-corrected chi connectivity index (χ3v) is 9.20. The van der Waals surface area contributed by atoms with Gasteiger partial charge < -0.3 is 15.0 Å². The van der Waals surface area contributed by atoms with Crippen molar-refractivity contribution in [1.29, 1.82) is 0 Å². The number of para-hydroxylation sites is 2. The molecular weight excluding hydrogens is 558 g/mol. The zero-order chi connectivity index (χ0) is 27.1. The van der Waals surface area contributed by atoms with Crippen LogP contribution in [0.5, 0.6) is 5.75 Å². The van der Waals surface area contributed by atoms with Crippen LogP contribution in [0.3, 0.4) is 0 Å². The average Bonchev–Trinajstić information content (AvgIpc) is 3.43. The van der Waals surface area contributed by atoms with Crippen LogP contribution >= 0.6 is 34.7 Å². The molecule has 4 aromatic rings. The van der Waals surface area contributed by atoms with Crippen LogP contribution in [0.2, 0.25) is 5.02 Å². The lowest BCUT2D eigenvalue weighted by atomic mass is 9.82. The smallest absolute Gasteiger partial charge is 0.305 e. The Bertz CT molecular complexity index is 1640. The van der Waals surface area contributed by atoms with E-state index in [4.69, 9.17) is 16.3 Å². The van der Waals surface area contributed by atoms with E-state index in [1.165, 1.54) is 16.7 Å². The third-order valence-electron chi connectivity index (χ3n) is 6.56. The Balaban J connectivity index is 1.38. The van der Waals surface area contributed by atoms with Crippen LogP contribution in [-0.4, -0.2) is 34.6 Å². The summed E-state index contributed by atoms with van der Waals surface area (Å²) in [6.07, 6.45) is 0. The predicted molar refractivity (Wildman–Crippen MR) is 151 cm³/mol. The number of nitrogens with one attached hydrogen (secondary N) is 2. The van der Waals surface area contributed by atoms with Crippen LogP contribution in [0, 0.1) is 5.92 Å². The molecule has 0 aliphatic carbocycles. The molecule has 6 rings (SSSR count). The van der Waals surface area contributed by atoms with Gasteiger partial charge in [0, 0.05) is 27.1 Å². The number of aromatic amines is 1. The number of thiazole rings is 1. The van der Waals surface area contributed by atoms with E-state index >= 15 is 0 Å². The van der Waals surface area contributed by atoms with E-state index < -0.39 is 17.1 Å². The summed E-state index contributed by atoms with van der Waals surface area (Å²) >= 11 is 8.59. The highest BCUT2D eigenvalue weighted by molar-refractivity contribution is 8.00. The maximum absolute atomic E-state index is 13.9. The molecule has 1 aromatic heterocycles. The summed E-state index contributed by atoms with van der Waals surface area (Å²) in [6, 6.07) is 22.7. The van der Waals surface area contributed by atoms with Gasteiger partial charge in [-0.25, -0.2) is 4.90 Å². The Kier molecular flexibility index (Phi) is 6.76. The fraction of sp³-hybridized carbons (Fsp3) is 0.143. The number of fused-ring (bicyclic) bond motifs is 2. The molecule has 0 bridgehead atoms. The lowest BCUT2D eigenvalue weighted by Gasteiger charge is -2.31. The number of H-pyrrole nitrogens is 1. The van der Waals surface area contributed by atoms with Gasteiger partial charge in [0.2, 0.25) is 11.8 Å². The second kappa shape index (κ2) is 10.4. The van der Waals surface area contributed by atoms with Crippen LogP contribution in [0.1, 0.15) is 16.4 Å². The number of ether oxygens (including phenoxy) is 1. The minimum absolute atomic E-state index is 0.288. The van der Waals surface area contributed by atoms with Crippen molar-refractivity contribution >= 4 is 63.8 Å². The molecule has 1 fully saturated rings. The van der Waals surface area contributed by atoms with E-state index in [2.05, 4.69) is 10.3 Å². The fourth-order valence-corrected chi connectivity index (χ4v) is 7.63. The molecule has 2 unspecified atom stereocenters. The van der Waals surface area contributed by atoms with E-state index in [-0.39, 0.29) is 29.2 Å². The number of nitrogens with zero attached hydrogens (tertiary/aromatic N) is 1. The van der Waals surface area contributed by atoms with E-state index in [9.17, 15) is 19.2 Å². The molecule has 3 amide bonds. The van der Waals surface area contributed by atoms with Gasteiger partial charge in [0.25, 0.3) is 5.91 Å². The van der Waals surface area contributed by atoms with Gasteiger partial charge in [-0.15, -0.1) is 0 Å². The van der Waals surface area contributed by atoms with Crippen LogP contribution < -0.4 is 19.8 Å². The zero-order valence-corrected chi connectivity index (χ0v) is 22.5. The van der Waals surface area contributed by atoms with E-state index in [1.54, 1.807) is 54.6 Å². The van der Waals surface area contributed by atoms with Crippen molar-refractivity contribution in [3.63, 3.8) is 0 Å². The maximum Gasteiger partial charge on any atom is 0.305 e. The molecule has 1 saturated heterocycles. The highest BCUT2D eigenvalue weighted by Gasteiger charge is 2.56.